The minimum Gasteiger partial charge on any atom is -0.388 e. The molecule has 18 heavy (non-hydrogen) atoms. The van der Waals surface area contributed by atoms with Crippen LogP contribution in [0, 0.1) is 0 Å². The summed E-state index contributed by atoms with van der Waals surface area (Å²) in [6.45, 7) is 5.43. The van der Waals surface area contributed by atoms with E-state index in [-0.39, 0.29) is 11.9 Å². The van der Waals surface area contributed by atoms with Gasteiger partial charge in [0.05, 0.1) is 11.6 Å². The summed E-state index contributed by atoms with van der Waals surface area (Å²) >= 11 is 0. The third-order valence-corrected chi connectivity index (χ3v) is 4.10. The Morgan fingerprint density at radius 2 is 2.06 bits per heavy atom. The Kier molecular flexibility index (Phi) is 4.28. The highest BCUT2D eigenvalue weighted by Gasteiger charge is 2.38. The molecule has 1 unspecified atom stereocenters. The summed E-state index contributed by atoms with van der Waals surface area (Å²) in [5.41, 5.74) is -0.624. The van der Waals surface area contributed by atoms with Crippen molar-refractivity contribution >= 4 is 5.91 Å². The topological polar surface area (TPSA) is 52.6 Å². The molecule has 1 heterocycles. The number of hydrogen-bond acceptors (Lipinski definition) is 3. The zero-order valence-electron chi connectivity index (χ0n) is 11.6. The molecule has 0 aromatic rings. The van der Waals surface area contributed by atoms with Crippen LogP contribution in [0.1, 0.15) is 52.4 Å². The number of aliphatic hydroxyl groups is 1. The Morgan fingerprint density at radius 3 is 2.67 bits per heavy atom. The predicted molar refractivity (Wildman–Crippen MR) is 71.3 cm³/mol. The zero-order valence-corrected chi connectivity index (χ0v) is 11.6. The molecule has 0 spiro atoms. The summed E-state index contributed by atoms with van der Waals surface area (Å²) < 4.78 is 0. The highest BCUT2D eigenvalue weighted by Crippen LogP contribution is 2.30. The van der Waals surface area contributed by atoms with Crippen LogP contribution in [0.3, 0.4) is 0 Å². The molecule has 2 rings (SSSR count). The number of rotatable bonds is 4. The Hall–Kier alpha value is -0.610. The minimum absolute atomic E-state index is 0.0443. The molecule has 2 aliphatic rings. The Labute approximate surface area is 110 Å². The molecule has 1 atom stereocenters. The number of amides is 1. The second kappa shape index (κ2) is 5.57. The normalized spacial score (nSPS) is 28.1. The van der Waals surface area contributed by atoms with Gasteiger partial charge in [0.1, 0.15) is 0 Å². The largest absolute Gasteiger partial charge is 0.388 e. The number of carbonyl (C=O) groups is 1. The lowest BCUT2D eigenvalue weighted by Gasteiger charge is -2.35. The highest BCUT2D eigenvalue weighted by molar-refractivity contribution is 5.84. The smallest absolute Gasteiger partial charge is 0.239 e. The van der Waals surface area contributed by atoms with Gasteiger partial charge in [-0.3, -0.25) is 4.79 Å². The van der Waals surface area contributed by atoms with Gasteiger partial charge in [-0.05, 0) is 19.3 Å². The van der Waals surface area contributed by atoms with Crippen molar-refractivity contribution in [2.45, 2.75) is 70.1 Å². The van der Waals surface area contributed by atoms with Crippen molar-refractivity contribution in [3.63, 3.8) is 0 Å². The van der Waals surface area contributed by atoms with Gasteiger partial charge in [0.2, 0.25) is 5.91 Å². The van der Waals surface area contributed by atoms with Crippen LogP contribution in [0.5, 0.6) is 0 Å². The summed E-state index contributed by atoms with van der Waals surface area (Å²) in [6.07, 6.45) is 5.96. The summed E-state index contributed by atoms with van der Waals surface area (Å²) in [6, 6.07) is 0.286. The first-order valence-electron chi connectivity index (χ1n) is 7.27. The standard InChI is InChI=1S/C14H26N2O2/c1-11(2)15-12-6-9-16(13(12)17)10-14(18)7-4-3-5-8-14/h11-12,15,18H,3-10H2,1-2H3. The van der Waals surface area contributed by atoms with Gasteiger partial charge in [-0.25, -0.2) is 0 Å². The quantitative estimate of drug-likeness (QED) is 0.794. The predicted octanol–water partition coefficient (Wildman–Crippen LogP) is 1.28. The molecular weight excluding hydrogens is 228 g/mol. The number of β-amino-alcohol motifs (C(OH)–C–C–N with tert-alkyl or cyclic N) is 1. The lowest BCUT2D eigenvalue weighted by Crippen LogP contribution is -2.48. The van der Waals surface area contributed by atoms with Crippen LogP contribution >= 0.6 is 0 Å². The molecule has 1 aliphatic heterocycles. The van der Waals surface area contributed by atoms with E-state index in [9.17, 15) is 9.90 Å². The molecule has 0 radical (unpaired) electrons. The first-order chi connectivity index (χ1) is 8.50. The van der Waals surface area contributed by atoms with Gasteiger partial charge in [0, 0.05) is 19.1 Å². The molecule has 2 fully saturated rings. The first kappa shape index (κ1) is 13.8. The van der Waals surface area contributed by atoms with Crippen molar-refractivity contribution in [2.75, 3.05) is 13.1 Å². The van der Waals surface area contributed by atoms with Crippen LogP contribution in [-0.4, -0.2) is 46.7 Å². The van der Waals surface area contributed by atoms with Crippen molar-refractivity contribution in [1.29, 1.82) is 0 Å². The molecule has 0 bridgehead atoms. The maximum Gasteiger partial charge on any atom is 0.239 e. The van der Waals surface area contributed by atoms with Crippen LogP contribution in [0.2, 0.25) is 0 Å². The Balaban J connectivity index is 1.89. The van der Waals surface area contributed by atoms with E-state index in [2.05, 4.69) is 19.2 Å². The van der Waals surface area contributed by atoms with E-state index in [0.717, 1.165) is 38.6 Å². The van der Waals surface area contributed by atoms with Gasteiger partial charge < -0.3 is 15.3 Å². The number of likely N-dealkylation sites (tertiary alicyclic amines) is 1. The molecule has 0 aromatic carbocycles. The maximum absolute atomic E-state index is 12.2. The maximum atomic E-state index is 12.2. The molecular formula is C14H26N2O2. The van der Waals surface area contributed by atoms with Crippen molar-refractivity contribution < 1.29 is 9.90 Å². The molecule has 0 aromatic heterocycles. The monoisotopic (exact) mass is 254 g/mol. The summed E-state index contributed by atoms with van der Waals surface area (Å²) in [5.74, 6) is 0.169. The Bertz CT molecular complexity index is 298. The average molecular weight is 254 g/mol. The first-order valence-corrected chi connectivity index (χ1v) is 7.27. The third-order valence-electron chi connectivity index (χ3n) is 4.10. The van der Waals surface area contributed by atoms with Gasteiger partial charge >= 0.3 is 0 Å². The van der Waals surface area contributed by atoms with Gasteiger partial charge in [0.25, 0.3) is 0 Å². The average Bonchev–Trinajstić information content (AvgIpc) is 2.61. The minimum atomic E-state index is -0.624. The van der Waals surface area contributed by atoms with Crippen LogP contribution in [0.15, 0.2) is 0 Å². The summed E-state index contributed by atoms with van der Waals surface area (Å²) in [7, 11) is 0. The van der Waals surface area contributed by atoms with Crippen LogP contribution < -0.4 is 5.32 Å². The molecule has 1 saturated carbocycles. The highest BCUT2D eigenvalue weighted by atomic mass is 16.3. The molecule has 4 heteroatoms. The van der Waals surface area contributed by atoms with Crippen LogP contribution in [0.25, 0.3) is 0 Å². The van der Waals surface area contributed by atoms with Crippen molar-refractivity contribution in [2.24, 2.45) is 0 Å². The van der Waals surface area contributed by atoms with E-state index in [1.165, 1.54) is 6.42 Å². The number of nitrogens with one attached hydrogen (secondary N) is 1. The summed E-state index contributed by atoms with van der Waals surface area (Å²) in [4.78, 5) is 14.1. The second-order valence-corrected chi connectivity index (χ2v) is 6.21. The van der Waals surface area contributed by atoms with Crippen molar-refractivity contribution in [3.8, 4) is 0 Å². The molecule has 2 N–H and O–H groups in total. The van der Waals surface area contributed by atoms with E-state index >= 15 is 0 Å². The van der Waals surface area contributed by atoms with E-state index in [1.807, 2.05) is 4.90 Å². The fourth-order valence-corrected chi connectivity index (χ4v) is 3.18. The number of hydrogen-bond donors (Lipinski definition) is 2. The second-order valence-electron chi connectivity index (χ2n) is 6.21. The zero-order chi connectivity index (χ0) is 13.2. The number of nitrogens with zero attached hydrogens (tertiary/aromatic N) is 1. The Morgan fingerprint density at radius 1 is 1.39 bits per heavy atom. The molecule has 1 saturated heterocycles. The fourth-order valence-electron chi connectivity index (χ4n) is 3.18. The number of carbonyl (C=O) groups excluding carboxylic acids is 1. The lowest BCUT2D eigenvalue weighted by molar-refractivity contribution is -0.133. The fraction of sp³-hybridized carbons (Fsp3) is 0.929. The van der Waals surface area contributed by atoms with Crippen molar-refractivity contribution in [3.05, 3.63) is 0 Å². The van der Waals surface area contributed by atoms with Crippen LogP contribution in [-0.2, 0) is 4.79 Å². The van der Waals surface area contributed by atoms with E-state index in [0.29, 0.717) is 12.6 Å². The molecule has 104 valence electrons. The van der Waals surface area contributed by atoms with E-state index in [4.69, 9.17) is 0 Å². The van der Waals surface area contributed by atoms with E-state index in [1.54, 1.807) is 0 Å². The van der Waals surface area contributed by atoms with Crippen LogP contribution in [0.4, 0.5) is 0 Å². The van der Waals surface area contributed by atoms with Crippen molar-refractivity contribution in [1.82, 2.24) is 10.2 Å². The molecule has 1 amide bonds. The SMILES string of the molecule is CC(C)NC1CCN(CC2(O)CCCCC2)C1=O. The van der Waals surface area contributed by atoms with Gasteiger partial charge in [-0.15, -0.1) is 0 Å². The lowest BCUT2D eigenvalue weighted by atomic mass is 9.84. The summed E-state index contributed by atoms with van der Waals surface area (Å²) in [5, 5.41) is 13.8. The van der Waals surface area contributed by atoms with Gasteiger partial charge in [-0.2, -0.15) is 0 Å². The molecule has 4 nitrogen and oxygen atoms in total. The van der Waals surface area contributed by atoms with Gasteiger partial charge in [-0.1, -0.05) is 33.1 Å². The van der Waals surface area contributed by atoms with E-state index < -0.39 is 5.60 Å². The third kappa shape index (κ3) is 3.23. The molecule has 1 aliphatic carbocycles. The van der Waals surface area contributed by atoms with Gasteiger partial charge in [0.15, 0.2) is 0 Å².